The third-order valence-corrected chi connectivity index (χ3v) is 4.75. The van der Waals surface area contributed by atoms with E-state index in [1.54, 1.807) is 6.07 Å². The summed E-state index contributed by atoms with van der Waals surface area (Å²) in [5.41, 5.74) is 2.83. The number of ether oxygens (including phenoxy) is 2. The van der Waals surface area contributed by atoms with Crippen molar-refractivity contribution in [3.8, 4) is 5.75 Å². The number of benzene rings is 2. The molecule has 0 aliphatic carbocycles. The number of carboxylic acid groups (broad SMARTS) is 1. The lowest BCUT2D eigenvalue weighted by molar-refractivity contribution is -0.148. The van der Waals surface area contributed by atoms with Crippen LogP contribution in [0.5, 0.6) is 5.75 Å². The van der Waals surface area contributed by atoms with Gasteiger partial charge in [0.05, 0.1) is 12.2 Å². The average Bonchev–Trinajstić information content (AvgIpc) is 2.70. The number of rotatable bonds is 9. The number of carboxylic acids is 1. The molecule has 1 aliphatic rings. The van der Waals surface area contributed by atoms with Gasteiger partial charge in [-0.3, -0.25) is 0 Å². The van der Waals surface area contributed by atoms with Crippen molar-refractivity contribution in [1.82, 2.24) is 0 Å². The van der Waals surface area contributed by atoms with Gasteiger partial charge in [-0.05, 0) is 36.2 Å². The van der Waals surface area contributed by atoms with Crippen LogP contribution in [0.15, 0.2) is 42.5 Å². The van der Waals surface area contributed by atoms with Crippen molar-refractivity contribution in [2.45, 2.75) is 18.9 Å². The molecular formula is C21H25FN2O4. The fourth-order valence-electron chi connectivity index (χ4n) is 3.23. The number of nitrogens with zero attached hydrogens (tertiary/aromatic N) is 1. The van der Waals surface area contributed by atoms with Crippen molar-refractivity contribution in [2.24, 2.45) is 0 Å². The minimum absolute atomic E-state index is 0.286. The molecule has 0 spiro atoms. The van der Waals surface area contributed by atoms with Crippen molar-refractivity contribution in [3.63, 3.8) is 0 Å². The van der Waals surface area contributed by atoms with Gasteiger partial charge in [0.1, 0.15) is 18.2 Å². The van der Waals surface area contributed by atoms with E-state index in [2.05, 4.69) is 10.2 Å². The quantitative estimate of drug-likeness (QED) is 0.643. The molecule has 150 valence electrons. The Morgan fingerprint density at radius 2 is 2.11 bits per heavy atom. The Balaban J connectivity index is 1.45. The van der Waals surface area contributed by atoms with E-state index in [1.807, 2.05) is 24.3 Å². The van der Waals surface area contributed by atoms with Crippen molar-refractivity contribution in [1.29, 1.82) is 0 Å². The van der Waals surface area contributed by atoms with Crippen molar-refractivity contribution in [2.75, 3.05) is 43.6 Å². The Hall–Kier alpha value is -2.80. The number of hydrogen-bond donors (Lipinski definition) is 2. The Morgan fingerprint density at radius 1 is 1.32 bits per heavy atom. The Morgan fingerprint density at radius 3 is 2.82 bits per heavy atom. The van der Waals surface area contributed by atoms with Gasteiger partial charge >= 0.3 is 5.97 Å². The molecule has 2 aromatic rings. The molecular weight excluding hydrogens is 363 g/mol. The normalized spacial score (nSPS) is 14.1. The molecule has 2 N–H and O–H groups in total. The molecule has 0 amide bonds. The smallest absolute Gasteiger partial charge is 0.333 e. The third-order valence-electron chi connectivity index (χ3n) is 4.75. The van der Waals surface area contributed by atoms with Gasteiger partial charge in [-0.2, -0.15) is 0 Å². The molecule has 7 heteroatoms. The number of carbonyl (C=O) groups is 1. The number of nitrogens with one attached hydrogen (secondary N) is 1. The van der Waals surface area contributed by atoms with E-state index in [0.29, 0.717) is 18.8 Å². The molecule has 0 saturated carbocycles. The second kappa shape index (κ2) is 9.41. The van der Waals surface area contributed by atoms with E-state index in [-0.39, 0.29) is 5.82 Å². The summed E-state index contributed by atoms with van der Waals surface area (Å²) in [4.78, 5) is 13.2. The molecule has 3 rings (SSSR count). The summed E-state index contributed by atoms with van der Waals surface area (Å²) < 4.78 is 23.8. The number of fused-ring (bicyclic) bond motifs is 1. The summed E-state index contributed by atoms with van der Waals surface area (Å²) in [6.45, 7) is 2.99. The fourth-order valence-corrected chi connectivity index (χ4v) is 3.23. The number of methoxy groups -OCH3 is 1. The second-order valence-electron chi connectivity index (χ2n) is 6.69. The van der Waals surface area contributed by atoms with Gasteiger partial charge in [0.15, 0.2) is 6.10 Å². The molecule has 2 aromatic carbocycles. The second-order valence-corrected chi connectivity index (χ2v) is 6.69. The number of anilines is 2. The highest BCUT2D eigenvalue weighted by atomic mass is 19.1. The number of aliphatic carboxylic acids is 1. The van der Waals surface area contributed by atoms with E-state index in [9.17, 15) is 9.18 Å². The minimum atomic E-state index is -0.961. The zero-order valence-electron chi connectivity index (χ0n) is 15.9. The minimum Gasteiger partial charge on any atom is -0.489 e. The zero-order chi connectivity index (χ0) is 19.9. The number of hydrogen-bond acceptors (Lipinski definition) is 5. The number of halogens is 1. The van der Waals surface area contributed by atoms with Crippen LogP contribution in [0.1, 0.15) is 12.0 Å². The maximum atomic E-state index is 13.3. The Bertz CT molecular complexity index is 797. The standard InChI is InChI=1S/C21H25FN2O4/c1-27-20(21(25)26)13-15-3-6-17(7-4-15)23-9-2-10-24-11-12-28-19-14-16(22)5-8-18(19)24/h3-8,14,20,23H,2,9-13H2,1H3,(H,25,26)/t20-/m0/s1. The van der Waals surface area contributed by atoms with Crippen LogP contribution in [0.4, 0.5) is 15.8 Å². The van der Waals surface area contributed by atoms with E-state index >= 15 is 0 Å². The first-order valence-electron chi connectivity index (χ1n) is 9.32. The van der Waals surface area contributed by atoms with Crippen molar-refractivity contribution < 1.29 is 23.8 Å². The Labute approximate surface area is 163 Å². The summed E-state index contributed by atoms with van der Waals surface area (Å²) in [6.07, 6.45) is 0.427. The van der Waals surface area contributed by atoms with Gasteiger partial charge in [0, 0.05) is 38.4 Å². The Kier molecular flexibility index (Phi) is 6.71. The van der Waals surface area contributed by atoms with E-state index in [1.165, 1.54) is 19.2 Å². The van der Waals surface area contributed by atoms with Crippen LogP contribution < -0.4 is 15.0 Å². The average molecular weight is 388 g/mol. The fraction of sp³-hybridized carbons (Fsp3) is 0.381. The molecule has 6 nitrogen and oxygen atoms in total. The lowest BCUT2D eigenvalue weighted by Gasteiger charge is -2.31. The van der Waals surface area contributed by atoms with Crippen LogP contribution in [0, 0.1) is 5.82 Å². The summed E-state index contributed by atoms with van der Waals surface area (Å²) in [6, 6.07) is 12.3. The van der Waals surface area contributed by atoms with Crippen LogP contribution in [0.25, 0.3) is 0 Å². The van der Waals surface area contributed by atoms with Gasteiger partial charge in [0.25, 0.3) is 0 Å². The van der Waals surface area contributed by atoms with Crippen LogP contribution in [0.3, 0.4) is 0 Å². The predicted molar refractivity (Wildman–Crippen MR) is 106 cm³/mol. The highest BCUT2D eigenvalue weighted by Crippen LogP contribution is 2.32. The molecule has 1 atom stereocenters. The van der Waals surface area contributed by atoms with Crippen LogP contribution in [-0.2, 0) is 16.0 Å². The van der Waals surface area contributed by atoms with Gasteiger partial charge in [0.2, 0.25) is 0 Å². The largest absolute Gasteiger partial charge is 0.489 e. The molecule has 28 heavy (non-hydrogen) atoms. The monoisotopic (exact) mass is 388 g/mol. The topological polar surface area (TPSA) is 71.0 Å². The highest BCUT2D eigenvalue weighted by molar-refractivity contribution is 5.72. The zero-order valence-corrected chi connectivity index (χ0v) is 15.9. The third kappa shape index (κ3) is 5.13. The van der Waals surface area contributed by atoms with Gasteiger partial charge < -0.3 is 24.8 Å². The molecule has 0 aromatic heterocycles. The van der Waals surface area contributed by atoms with Gasteiger partial charge in [-0.15, -0.1) is 0 Å². The maximum Gasteiger partial charge on any atom is 0.333 e. The van der Waals surface area contributed by atoms with Gasteiger partial charge in [-0.25, -0.2) is 9.18 Å². The lowest BCUT2D eigenvalue weighted by Crippen LogP contribution is -2.34. The first-order valence-corrected chi connectivity index (χ1v) is 9.32. The van der Waals surface area contributed by atoms with Crippen molar-refractivity contribution >= 4 is 17.3 Å². The molecule has 1 aliphatic heterocycles. The molecule has 0 fully saturated rings. The van der Waals surface area contributed by atoms with Crippen LogP contribution >= 0.6 is 0 Å². The SMILES string of the molecule is CO[C@@H](Cc1ccc(NCCCN2CCOc3cc(F)ccc32)cc1)C(=O)O. The molecule has 0 radical (unpaired) electrons. The van der Waals surface area contributed by atoms with E-state index < -0.39 is 12.1 Å². The molecule has 0 bridgehead atoms. The summed E-state index contributed by atoms with van der Waals surface area (Å²) in [7, 11) is 1.40. The summed E-state index contributed by atoms with van der Waals surface area (Å²) >= 11 is 0. The lowest BCUT2D eigenvalue weighted by atomic mass is 10.1. The first-order chi connectivity index (χ1) is 13.6. The van der Waals surface area contributed by atoms with Crippen molar-refractivity contribution in [3.05, 3.63) is 53.8 Å². The van der Waals surface area contributed by atoms with E-state index in [0.717, 1.165) is 43.0 Å². The predicted octanol–water partition coefficient (Wildman–Crippen LogP) is 3.17. The van der Waals surface area contributed by atoms with Crippen LogP contribution in [-0.4, -0.2) is 50.5 Å². The maximum absolute atomic E-state index is 13.3. The van der Waals surface area contributed by atoms with E-state index in [4.69, 9.17) is 14.6 Å². The highest BCUT2D eigenvalue weighted by Gasteiger charge is 2.18. The molecule has 1 heterocycles. The summed E-state index contributed by atoms with van der Waals surface area (Å²) in [5, 5.41) is 12.4. The molecule has 0 unspecified atom stereocenters. The summed E-state index contributed by atoms with van der Waals surface area (Å²) in [5.74, 6) is -0.645. The molecule has 0 saturated heterocycles. The van der Waals surface area contributed by atoms with Gasteiger partial charge in [-0.1, -0.05) is 12.1 Å². The van der Waals surface area contributed by atoms with Crippen LogP contribution in [0.2, 0.25) is 0 Å². The first kappa shape index (κ1) is 19.9.